The summed E-state index contributed by atoms with van der Waals surface area (Å²) in [4.78, 5) is 19.1. The summed E-state index contributed by atoms with van der Waals surface area (Å²) in [7, 11) is 0. The van der Waals surface area contributed by atoms with Crippen LogP contribution >= 0.6 is 48.0 Å². The molecule has 0 saturated carbocycles. The average Bonchev–Trinajstić information content (AvgIpc) is 2.76. The van der Waals surface area contributed by atoms with Crippen molar-refractivity contribution in [3.63, 3.8) is 0 Å². The van der Waals surface area contributed by atoms with Gasteiger partial charge < -0.3 is 14.6 Å². The van der Waals surface area contributed by atoms with E-state index < -0.39 is 0 Å². The third-order valence-corrected chi connectivity index (χ3v) is 6.29. The number of benzene rings is 2. The molecule has 32 heavy (non-hydrogen) atoms. The lowest BCUT2D eigenvalue weighted by molar-refractivity contribution is 0.238. The van der Waals surface area contributed by atoms with Crippen LogP contribution in [-0.4, -0.2) is 49.2 Å². The quantitative estimate of drug-likeness (QED) is 0.410. The van der Waals surface area contributed by atoms with Gasteiger partial charge in [-0.25, -0.2) is 0 Å². The maximum absolute atomic E-state index is 11.5. The molecule has 1 aromatic heterocycles. The van der Waals surface area contributed by atoms with E-state index >= 15 is 0 Å². The summed E-state index contributed by atoms with van der Waals surface area (Å²) < 4.78 is 5.87. The molecule has 1 aliphatic rings. The molecule has 1 fully saturated rings. The number of H-pyrrole nitrogens is 1. The van der Waals surface area contributed by atoms with Crippen LogP contribution in [0.25, 0.3) is 10.9 Å². The van der Waals surface area contributed by atoms with Crippen LogP contribution in [0.4, 0.5) is 5.69 Å². The molecule has 0 amide bonds. The van der Waals surface area contributed by atoms with Gasteiger partial charge in [0.1, 0.15) is 5.75 Å². The van der Waals surface area contributed by atoms with Crippen LogP contribution < -0.4 is 15.2 Å². The topological polar surface area (TPSA) is 48.6 Å². The zero-order valence-electron chi connectivity index (χ0n) is 17.6. The Morgan fingerprint density at radius 1 is 0.938 bits per heavy atom. The van der Waals surface area contributed by atoms with Gasteiger partial charge >= 0.3 is 0 Å². The molecule has 0 spiro atoms. The lowest BCUT2D eigenvalue weighted by Gasteiger charge is -2.36. The van der Waals surface area contributed by atoms with Crippen molar-refractivity contribution in [2.75, 3.05) is 44.2 Å². The monoisotopic (exact) mass is 517 g/mol. The van der Waals surface area contributed by atoms with Gasteiger partial charge in [-0.15, -0.1) is 24.8 Å². The lowest BCUT2D eigenvalue weighted by atomic mass is 10.2. The summed E-state index contributed by atoms with van der Waals surface area (Å²) in [5.41, 5.74) is 1.73. The van der Waals surface area contributed by atoms with Crippen molar-refractivity contribution >= 4 is 64.6 Å². The van der Waals surface area contributed by atoms with Gasteiger partial charge in [-0.1, -0.05) is 29.3 Å². The SMILES string of the molecule is Cl.Cl.O=c1ccc2ccc(OCCCCN3CCN(c4cccc(Cl)c4Cl)CC3)cc2[nH]1. The number of anilines is 1. The van der Waals surface area contributed by atoms with Crippen LogP contribution in [0.15, 0.2) is 53.3 Å². The standard InChI is InChI=1S/C23H25Cl2N3O2.2ClH/c24-19-4-3-5-21(23(19)25)28-13-11-27(12-14-28)10-1-2-15-30-18-8-6-17-7-9-22(29)26-20(17)16-18;;/h3-9,16H,1-2,10-15H2,(H,26,29);2*1H. The molecule has 3 aromatic rings. The van der Waals surface area contributed by atoms with E-state index in [1.54, 1.807) is 0 Å². The molecule has 0 radical (unpaired) electrons. The fourth-order valence-corrected chi connectivity index (χ4v) is 4.21. The van der Waals surface area contributed by atoms with Gasteiger partial charge in [-0.05, 0) is 55.1 Å². The number of rotatable bonds is 7. The molecule has 1 saturated heterocycles. The van der Waals surface area contributed by atoms with E-state index in [-0.39, 0.29) is 30.4 Å². The summed E-state index contributed by atoms with van der Waals surface area (Å²) in [5.74, 6) is 0.788. The molecule has 2 heterocycles. The number of hydrogen-bond acceptors (Lipinski definition) is 4. The number of hydrogen-bond donors (Lipinski definition) is 1. The van der Waals surface area contributed by atoms with E-state index in [0.29, 0.717) is 16.7 Å². The smallest absolute Gasteiger partial charge is 0.248 e. The van der Waals surface area contributed by atoms with Gasteiger partial charge in [-0.3, -0.25) is 9.69 Å². The zero-order valence-corrected chi connectivity index (χ0v) is 20.7. The molecule has 1 N–H and O–H groups in total. The summed E-state index contributed by atoms with van der Waals surface area (Å²) in [6.45, 7) is 5.66. The first-order valence-corrected chi connectivity index (χ1v) is 11.0. The molecule has 9 heteroatoms. The van der Waals surface area contributed by atoms with Crippen molar-refractivity contribution in [2.45, 2.75) is 12.8 Å². The number of nitrogens with zero attached hydrogens (tertiary/aromatic N) is 2. The fraction of sp³-hybridized carbons (Fsp3) is 0.348. The Kier molecular flexibility index (Phi) is 10.5. The molecular formula is C23H27Cl4N3O2. The van der Waals surface area contributed by atoms with E-state index in [1.807, 2.05) is 42.5 Å². The highest BCUT2D eigenvalue weighted by atomic mass is 35.5. The molecule has 0 aliphatic carbocycles. The Morgan fingerprint density at radius 2 is 1.69 bits per heavy atom. The number of halogens is 4. The number of aromatic nitrogens is 1. The zero-order chi connectivity index (χ0) is 20.9. The van der Waals surface area contributed by atoms with E-state index in [2.05, 4.69) is 14.8 Å². The molecule has 0 atom stereocenters. The molecule has 0 unspecified atom stereocenters. The first-order valence-electron chi connectivity index (χ1n) is 10.3. The third kappa shape index (κ3) is 6.69. The van der Waals surface area contributed by atoms with Crippen LogP contribution in [0.5, 0.6) is 5.75 Å². The second kappa shape index (κ2) is 12.6. The van der Waals surface area contributed by atoms with Crippen LogP contribution in [0, 0.1) is 0 Å². The summed E-state index contributed by atoms with van der Waals surface area (Å²) >= 11 is 12.5. The highest BCUT2D eigenvalue weighted by Crippen LogP contribution is 2.32. The highest BCUT2D eigenvalue weighted by Gasteiger charge is 2.19. The minimum atomic E-state index is -0.0996. The Balaban J connectivity index is 0.00000181. The predicted molar refractivity (Wildman–Crippen MR) is 139 cm³/mol. The second-order valence-electron chi connectivity index (χ2n) is 7.53. The van der Waals surface area contributed by atoms with Crippen molar-refractivity contribution < 1.29 is 4.74 Å². The largest absolute Gasteiger partial charge is 0.494 e. The number of ether oxygens (including phenoxy) is 1. The minimum Gasteiger partial charge on any atom is -0.494 e. The van der Waals surface area contributed by atoms with Gasteiger partial charge in [0.25, 0.3) is 0 Å². The maximum atomic E-state index is 11.5. The second-order valence-corrected chi connectivity index (χ2v) is 8.31. The normalized spacial score (nSPS) is 14.0. The molecule has 2 aromatic carbocycles. The number of fused-ring (bicyclic) bond motifs is 1. The van der Waals surface area contributed by atoms with Crippen molar-refractivity contribution in [1.82, 2.24) is 9.88 Å². The van der Waals surface area contributed by atoms with Gasteiger partial charge in [0.2, 0.25) is 5.56 Å². The maximum Gasteiger partial charge on any atom is 0.248 e. The fourth-order valence-electron chi connectivity index (χ4n) is 3.80. The Bertz CT molecular complexity index is 1070. The summed E-state index contributed by atoms with van der Waals surface area (Å²) in [5, 5.41) is 2.25. The number of unbranched alkanes of at least 4 members (excludes halogenated alkanes) is 1. The van der Waals surface area contributed by atoms with Crippen molar-refractivity contribution in [2.24, 2.45) is 0 Å². The van der Waals surface area contributed by atoms with Crippen LogP contribution in [0.2, 0.25) is 10.0 Å². The van der Waals surface area contributed by atoms with Gasteiger partial charge in [-0.2, -0.15) is 0 Å². The predicted octanol–water partition coefficient (Wildman–Crippen LogP) is 5.66. The Morgan fingerprint density at radius 3 is 2.47 bits per heavy atom. The molecule has 174 valence electrons. The molecular weight excluding hydrogens is 492 g/mol. The Hall–Kier alpha value is -1.63. The van der Waals surface area contributed by atoms with E-state index in [0.717, 1.165) is 67.9 Å². The van der Waals surface area contributed by atoms with Gasteiger partial charge in [0.15, 0.2) is 0 Å². The highest BCUT2D eigenvalue weighted by molar-refractivity contribution is 6.43. The van der Waals surface area contributed by atoms with Crippen molar-refractivity contribution in [3.05, 3.63) is 68.9 Å². The first-order chi connectivity index (χ1) is 14.6. The molecule has 0 bridgehead atoms. The lowest BCUT2D eigenvalue weighted by Crippen LogP contribution is -2.46. The van der Waals surface area contributed by atoms with E-state index in [9.17, 15) is 4.79 Å². The van der Waals surface area contributed by atoms with Gasteiger partial charge in [0.05, 0.1) is 27.9 Å². The van der Waals surface area contributed by atoms with E-state index in [1.165, 1.54) is 6.07 Å². The first kappa shape index (κ1) is 26.6. The average molecular weight is 519 g/mol. The number of piperazine rings is 1. The summed E-state index contributed by atoms with van der Waals surface area (Å²) in [6.07, 6.45) is 2.08. The molecule has 4 rings (SSSR count). The number of aromatic amines is 1. The number of pyridine rings is 1. The van der Waals surface area contributed by atoms with E-state index in [4.69, 9.17) is 27.9 Å². The van der Waals surface area contributed by atoms with Crippen LogP contribution in [0.3, 0.4) is 0 Å². The van der Waals surface area contributed by atoms with Crippen molar-refractivity contribution in [1.29, 1.82) is 0 Å². The van der Waals surface area contributed by atoms with Crippen LogP contribution in [-0.2, 0) is 0 Å². The van der Waals surface area contributed by atoms with Crippen molar-refractivity contribution in [3.8, 4) is 5.75 Å². The molecule has 5 nitrogen and oxygen atoms in total. The van der Waals surface area contributed by atoms with Crippen LogP contribution in [0.1, 0.15) is 12.8 Å². The number of nitrogens with one attached hydrogen (secondary N) is 1. The summed E-state index contributed by atoms with van der Waals surface area (Å²) in [6, 6.07) is 14.9. The third-order valence-electron chi connectivity index (χ3n) is 5.48. The minimum absolute atomic E-state index is 0. The van der Waals surface area contributed by atoms with Gasteiger partial charge in [0, 0.05) is 38.3 Å². The molecule has 1 aliphatic heterocycles. The Labute approximate surface area is 210 Å².